The highest BCUT2D eigenvalue weighted by molar-refractivity contribution is 7.17. The van der Waals surface area contributed by atoms with Crippen molar-refractivity contribution in [3.05, 3.63) is 51.4 Å². The quantitative estimate of drug-likeness (QED) is 0.795. The molecule has 28 heavy (non-hydrogen) atoms. The number of rotatable bonds is 3. The molecular weight excluding hydrogens is 382 g/mol. The summed E-state index contributed by atoms with van der Waals surface area (Å²) in [5.74, 6) is -0.947. The highest BCUT2D eigenvalue weighted by Gasteiger charge is 2.31. The molecule has 2 aromatic rings. The second-order valence-corrected chi connectivity index (χ2v) is 7.09. The fourth-order valence-corrected chi connectivity index (χ4v) is 4.21. The third-order valence-corrected chi connectivity index (χ3v) is 5.51. The number of hydrogen-bond donors (Lipinski definition) is 1. The van der Waals surface area contributed by atoms with Gasteiger partial charge in [0.25, 0.3) is 5.91 Å². The Hall–Kier alpha value is -3.38. The monoisotopic (exact) mass is 399 g/mol. The summed E-state index contributed by atoms with van der Waals surface area (Å²) >= 11 is 1.23. The molecule has 0 aliphatic carbocycles. The molecule has 1 aliphatic rings. The Labute approximate surface area is 165 Å². The fraction of sp³-hybridized carbons (Fsp3) is 0.263. The van der Waals surface area contributed by atoms with Crippen molar-refractivity contribution < 1.29 is 23.9 Å². The zero-order valence-electron chi connectivity index (χ0n) is 15.3. The average Bonchev–Trinajstić information content (AvgIpc) is 3.09. The van der Waals surface area contributed by atoms with E-state index < -0.39 is 18.0 Å². The van der Waals surface area contributed by atoms with Crippen molar-refractivity contribution in [1.82, 2.24) is 4.90 Å². The number of esters is 1. The van der Waals surface area contributed by atoms with Crippen LogP contribution < -0.4 is 5.32 Å². The van der Waals surface area contributed by atoms with Gasteiger partial charge in [-0.05, 0) is 36.2 Å². The van der Waals surface area contributed by atoms with Crippen LogP contribution in [-0.2, 0) is 22.4 Å². The maximum absolute atomic E-state index is 12.6. The molecule has 0 saturated heterocycles. The number of hydrogen-bond acceptors (Lipinski definition) is 7. The Morgan fingerprint density at radius 3 is 2.50 bits per heavy atom. The normalized spacial score (nSPS) is 12.5. The lowest BCUT2D eigenvalue weighted by atomic mass is 10.0. The van der Waals surface area contributed by atoms with Crippen LogP contribution in [0.25, 0.3) is 0 Å². The Kier molecular flexibility index (Phi) is 5.61. The van der Waals surface area contributed by atoms with Gasteiger partial charge in [-0.3, -0.25) is 4.79 Å². The lowest BCUT2D eigenvalue weighted by Gasteiger charge is -2.25. The van der Waals surface area contributed by atoms with E-state index in [4.69, 9.17) is 14.7 Å². The lowest BCUT2D eigenvalue weighted by Crippen LogP contribution is -2.35. The number of carbonyl (C=O) groups is 3. The highest BCUT2D eigenvalue weighted by Crippen LogP contribution is 2.38. The van der Waals surface area contributed by atoms with Crippen molar-refractivity contribution in [2.24, 2.45) is 0 Å². The zero-order chi connectivity index (χ0) is 20.3. The molecule has 0 fully saturated rings. The summed E-state index contributed by atoms with van der Waals surface area (Å²) in [6, 6.07) is 8.16. The SMILES string of the molecule is COC(=O)c1c(NC(=O)c2ccc(C#N)cc2)sc2c1CCN(C(=O)OC)C2. The number of ether oxygens (including phenoxy) is 2. The van der Waals surface area contributed by atoms with Crippen LogP contribution in [0.4, 0.5) is 9.80 Å². The van der Waals surface area contributed by atoms with E-state index in [2.05, 4.69) is 5.32 Å². The van der Waals surface area contributed by atoms with Gasteiger partial charge >= 0.3 is 12.1 Å². The van der Waals surface area contributed by atoms with Crippen LogP contribution in [0.1, 0.15) is 36.7 Å². The predicted molar refractivity (Wildman–Crippen MR) is 101 cm³/mol. The first-order chi connectivity index (χ1) is 13.5. The van der Waals surface area contributed by atoms with Crippen molar-refractivity contribution in [2.45, 2.75) is 13.0 Å². The topological polar surface area (TPSA) is 109 Å². The van der Waals surface area contributed by atoms with Crippen LogP contribution in [0, 0.1) is 11.3 Å². The molecule has 144 valence electrons. The van der Waals surface area contributed by atoms with Crippen LogP contribution in [0.15, 0.2) is 24.3 Å². The van der Waals surface area contributed by atoms with Gasteiger partial charge in [0, 0.05) is 17.0 Å². The van der Waals surface area contributed by atoms with Crippen molar-refractivity contribution in [2.75, 3.05) is 26.1 Å². The summed E-state index contributed by atoms with van der Waals surface area (Å²) in [5, 5.41) is 12.0. The maximum atomic E-state index is 12.6. The largest absolute Gasteiger partial charge is 0.465 e. The van der Waals surface area contributed by atoms with E-state index in [-0.39, 0.29) is 0 Å². The van der Waals surface area contributed by atoms with E-state index in [1.807, 2.05) is 6.07 Å². The number of methoxy groups -OCH3 is 2. The first kappa shape index (κ1) is 19.4. The van der Waals surface area contributed by atoms with E-state index >= 15 is 0 Å². The molecule has 9 heteroatoms. The Morgan fingerprint density at radius 1 is 1.18 bits per heavy atom. The zero-order valence-corrected chi connectivity index (χ0v) is 16.1. The first-order valence-corrected chi connectivity index (χ1v) is 9.17. The number of anilines is 1. The van der Waals surface area contributed by atoms with Crippen LogP contribution >= 0.6 is 11.3 Å². The number of nitrogens with one attached hydrogen (secondary N) is 1. The summed E-state index contributed by atoms with van der Waals surface area (Å²) in [6.07, 6.45) is 0.0137. The van der Waals surface area contributed by atoms with Gasteiger partial charge in [-0.1, -0.05) is 0 Å². The van der Waals surface area contributed by atoms with Crippen molar-refractivity contribution in [3.8, 4) is 6.07 Å². The lowest BCUT2D eigenvalue weighted by molar-refractivity contribution is 0.0600. The molecule has 8 nitrogen and oxygen atoms in total. The Balaban J connectivity index is 1.91. The molecule has 0 radical (unpaired) electrons. The second kappa shape index (κ2) is 8.10. The van der Waals surface area contributed by atoms with E-state index in [1.54, 1.807) is 12.1 Å². The molecular formula is C19H17N3O5S. The van der Waals surface area contributed by atoms with Crippen molar-refractivity contribution >= 4 is 34.3 Å². The first-order valence-electron chi connectivity index (χ1n) is 8.35. The van der Waals surface area contributed by atoms with Crippen LogP contribution in [-0.4, -0.2) is 43.6 Å². The molecule has 0 atom stereocenters. The molecule has 0 spiro atoms. The van der Waals surface area contributed by atoms with Crippen LogP contribution in [0.3, 0.4) is 0 Å². The highest BCUT2D eigenvalue weighted by atomic mass is 32.1. The molecule has 0 bridgehead atoms. The molecule has 1 aliphatic heterocycles. The summed E-state index contributed by atoms with van der Waals surface area (Å²) in [7, 11) is 2.59. The second-order valence-electron chi connectivity index (χ2n) is 5.98. The van der Waals surface area contributed by atoms with E-state index in [9.17, 15) is 14.4 Å². The number of amides is 2. The van der Waals surface area contributed by atoms with Crippen LogP contribution in [0.5, 0.6) is 0 Å². The Morgan fingerprint density at radius 2 is 1.89 bits per heavy atom. The minimum absolute atomic E-state index is 0.295. The number of carbonyl (C=O) groups excluding carboxylic acids is 3. The number of fused-ring (bicyclic) bond motifs is 1. The molecule has 1 aromatic carbocycles. The van der Waals surface area contributed by atoms with E-state index in [1.165, 1.54) is 42.6 Å². The summed E-state index contributed by atoms with van der Waals surface area (Å²) < 4.78 is 9.65. The van der Waals surface area contributed by atoms with Crippen LogP contribution in [0.2, 0.25) is 0 Å². The number of nitrogens with zero attached hydrogens (tertiary/aromatic N) is 2. The molecule has 0 unspecified atom stereocenters. The molecule has 0 saturated carbocycles. The van der Waals surface area contributed by atoms with Gasteiger partial charge in [-0.2, -0.15) is 5.26 Å². The van der Waals surface area contributed by atoms with E-state index in [0.717, 1.165) is 10.4 Å². The van der Waals surface area contributed by atoms with Gasteiger partial charge in [-0.25, -0.2) is 9.59 Å². The van der Waals surface area contributed by atoms with Gasteiger partial charge in [0.05, 0.1) is 38.0 Å². The summed E-state index contributed by atoms with van der Waals surface area (Å²) in [5.41, 5.74) is 1.89. The standard InChI is InChI=1S/C19H17N3O5S/c1-26-18(24)15-13-7-8-22(19(25)27-2)10-14(13)28-17(15)21-16(23)12-5-3-11(9-20)4-6-12/h3-6H,7-8,10H2,1-2H3,(H,21,23). The number of thiophene rings is 1. The third-order valence-electron chi connectivity index (χ3n) is 4.38. The minimum atomic E-state index is -0.542. The molecule has 2 heterocycles. The maximum Gasteiger partial charge on any atom is 0.409 e. The third kappa shape index (κ3) is 3.68. The summed E-state index contributed by atoms with van der Waals surface area (Å²) in [6.45, 7) is 0.701. The van der Waals surface area contributed by atoms with Crippen molar-refractivity contribution in [3.63, 3.8) is 0 Å². The average molecular weight is 399 g/mol. The van der Waals surface area contributed by atoms with Crippen molar-refractivity contribution in [1.29, 1.82) is 5.26 Å². The smallest absolute Gasteiger partial charge is 0.409 e. The minimum Gasteiger partial charge on any atom is -0.465 e. The fourth-order valence-electron chi connectivity index (χ4n) is 2.97. The Bertz CT molecular complexity index is 975. The van der Waals surface area contributed by atoms with Gasteiger partial charge in [0.1, 0.15) is 5.00 Å². The van der Waals surface area contributed by atoms with Gasteiger partial charge in [-0.15, -0.1) is 11.3 Å². The van der Waals surface area contributed by atoms with Gasteiger partial charge in [0.2, 0.25) is 0 Å². The molecule has 1 aromatic heterocycles. The summed E-state index contributed by atoms with van der Waals surface area (Å²) in [4.78, 5) is 39.0. The van der Waals surface area contributed by atoms with Gasteiger partial charge in [0.15, 0.2) is 0 Å². The van der Waals surface area contributed by atoms with E-state index in [0.29, 0.717) is 41.2 Å². The molecule has 2 amide bonds. The van der Waals surface area contributed by atoms with Gasteiger partial charge < -0.3 is 19.7 Å². The predicted octanol–water partition coefficient (Wildman–Crippen LogP) is 2.78. The molecule has 1 N–H and O–H groups in total. The number of nitriles is 1. The molecule has 3 rings (SSSR count). The number of benzene rings is 1.